The Morgan fingerprint density at radius 2 is 2.33 bits per heavy atom. The summed E-state index contributed by atoms with van der Waals surface area (Å²) in [6.07, 6.45) is 7.51. The second-order valence-electron chi connectivity index (χ2n) is 1.70. The molecule has 0 heterocycles. The van der Waals surface area contributed by atoms with Crippen molar-refractivity contribution in [2.45, 2.75) is 3.92 Å². The summed E-state index contributed by atoms with van der Waals surface area (Å²) in [7, 11) is 0. The van der Waals surface area contributed by atoms with Gasteiger partial charge in [0.15, 0.2) is 0 Å². The molecule has 9 heavy (non-hydrogen) atoms. The van der Waals surface area contributed by atoms with E-state index in [1.807, 2.05) is 24.2 Å². The molecule has 0 N–H and O–H groups in total. The summed E-state index contributed by atoms with van der Waals surface area (Å²) in [6.45, 7) is 0. The lowest BCUT2D eigenvalue weighted by Crippen LogP contribution is -1.98. The van der Waals surface area contributed by atoms with Gasteiger partial charge in [-0.1, -0.05) is 40.8 Å². The van der Waals surface area contributed by atoms with Crippen molar-refractivity contribution < 1.29 is 4.79 Å². The molecule has 2 heteroatoms. The van der Waals surface area contributed by atoms with E-state index < -0.39 is 0 Å². The molecule has 0 bridgehead atoms. The first-order chi connectivity index (χ1) is 4.34. The van der Waals surface area contributed by atoms with Gasteiger partial charge in [0.1, 0.15) is 5.94 Å². The van der Waals surface area contributed by atoms with Crippen LogP contribution in [0.3, 0.4) is 0 Å². The van der Waals surface area contributed by atoms with Gasteiger partial charge in [0.25, 0.3) is 0 Å². The second kappa shape index (κ2) is 2.99. The van der Waals surface area contributed by atoms with Crippen LogP contribution >= 0.6 is 22.6 Å². The summed E-state index contributed by atoms with van der Waals surface area (Å²) >= 11 is 2.18. The molecule has 0 spiro atoms. The Balaban J connectivity index is 2.90. The van der Waals surface area contributed by atoms with Crippen LogP contribution < -0.4 is 0 Å². The summed E-state index contributed by atoms with van der Waals surface area (Å²) in [4.78, 5) is 10.1. The van der Waals surface area contributed by atoms with Gasteiger partial charge in [0.05, 0.1) is 9.50 Å². The van der Waals surface area contributed by atoms with Gasteiger partial charge in [-0.3, -0.25) is 0 Å². The van der Waals surface area contributed by atoms with Crippen LogP contribution in [0.2, 0.25) is 0 Å². The van der Waals surface area contributed by atoms with Gasteiger partial charge in [-0.15, -0.1) is 0 Å². The maximum Gasteiger partial charge on any atom is 0.129 e. The van der Waals surface area contributed by atoms with Crippen molar-refractivity contribution in [1.82, 2.24) is 0 Å². The fourth-order valence-corrected chi connectivity index (χ4v) is 1.18. The van der Waals surface area contributed by atoms with Crippen LogP contribution in [0.25, 0.3) is 0 Å². The van der Waals surface area contributed by atoms with Crippen LogP contribution in [-0.4, -0.2) is 9.87 Å². The van der Waals surface area contributed by atoms with Crippen LogP contribution in [-0.2, 0) is 4.79 Å². The van der Waals surface area contributed by atoms with E-state index in [9.17, 15) is 4.79 Å². The highest BCUT2D eigenvalue weighted by molar-refractivity contribution is 14.1. The largest absolute Gasteiger partial charge is 0.233 e. The van der Waals surface area contributed by atoms with E-state index in [1.54, 1.807) is 6.08 Å². The first-order valence-electron chi connectivity index (χ1n) is 2.58. The Bertz CT molecular complexity index is 209. The average molecular weight is 232 g/mol. The molecule has 0 aromatic carbocycles. The Labute approximate surface area is 67.3 Å². The zero-order valence-electron chi connectivity index (χ0n) is 4.67. The van der Waals surface area contributed by atoms with Crippen LogP contribution in [0.4, 0.5) is 0 Å². The standard InChI is InChI=1S/C7H5IO/c8-7-4-2-1-3-6(7)5-9/h1-4,7H. The van der Waals surface area contributed by atoms with Crippen molar-refractivity contribution in [2.24, 2.45) is 0 Å². The maximum atomic E-state index is 10.1. The molecule has 1 unspecified atom stereocenters. The molecule has 0 aromatic heterocycles. The normalized spacial score (nSPS) is 24.1. The lowest BCUT2D eigenvalue weighted by molar-refractivity contribution is 0.567. The van der Waals surface area contributed by atoms with E-state index in [1.165, 1.54) is 0 Å². The predicted molar refractivity (Wildman–Crippen MR) is 45.3 cm³/mol. The van der Waals surface area contributed by atoms with Gasteiger partial charge in [-0.25, -0.2) is 4.79 Å². The molecule has 46 valence electrons. The Hall–Kier alpha value is -0.340. The van der Waals surface area contributed by atoms with Crippen LogP contribution in [0.1, 0.15) is 0 Å². The molecular formula is C7H5IO. The van der Waals surface area contributed by atoms with E-state index in [4.69, 9.17) is 0 Å². The quantitative estimate of drug-likeness (QED) is 0.352. The highest BCUT2D eigenvalue weighted by Gasteiger charge is 2.05. The van der Waals surface area contributed by atoms with Crippen molar-refractivity contribution in [3.8, 4) is 0 Å². The monoisotopic (exact) mass is 232 g/mol. The van der Waals surface area contributed by atoms with E-state index in [0.29, 0.717) is 0 Å². The molecule has 0 aliphatic heterocycles. The topological polar surface area (TPSA) is 17.1 Å². The smallest absolute Gasteiger partial charge is 0.129 e. The third kappa shape index (κ3) is 1.53. The molecular weight excluding hydrogens is 227 g/mol. The summed E-state index contributed by atoms with van der Waals surface area (Å²) in [6, 6.07) is 0. The minimum atomic E-state index is 0.213. The fourth-order valence-electron chi connectivity index (χ4n) is 0.607. The third-order valence-electron chi connectivity index (χ3n) is 1.08. The summed E-state index contributed by atoms with van der Waals surface area (Å²) in [5.41, 5.74) is 0.720. The molecule has 0 aromatic rings. The SMILES string of the molecule is O=C=C1C=CC=CC1I. The Kier molecular flexibility index (Phi) is 2.25. The third-order valence-corrected chi connectivity index (χ3v) is 2.17. The summed E-state index contributed by atoms with van der Waals surface area (Å²) in [5.74, 6) is 1.87. The maximum absolute atomic E-state index is 10.1. The van der Waals surface area contributed by atoms with Gasteiger partial charge >= 0.3 is 0 Å². The zero-order valence-corrected chi connectivity index (χ0v) is 6.83. The van der Waals surface area contributed by atoms with Crippen molar-refractivity contribution in [2.75, 3.05) is 0 Å². The van der Waals surface area contributed by atoms with Crippen molar-refractivity contribution in [3.05, 3.63) is 29.9 Å². The number of halogens is 1. The number of hydrogen-bond acceptors (Lipinski definition) is 1. The van der Waals surface area contributed by atoms with Crippen LogP contribution in [0.15, 0.2) is 29.9 Å². The lowest BCUT2D eigenvalue weighted by Gasteiger charge is -2.03. The number of carbonyl (C=O) groups excluding carboxylic acids is 1. The zero-order chi connectivity index (χ0) is 6.69. The average Bonchev–Trinajstić information content (AvgIpc) is 1.89. The first kappa shape index (κ1) is 6.78. The molecule has 1 nitrogen and oxygen atoms in total. The molecule has 1 aliphatic carbocycles. The van der Waals surface area contributed by atoms with E-state index in [0.717, 1.165) is 5.57 Å². The molecule has 0 radical (unpaired) electrons. The number of rotatable bonds is 0. The van der Waals surface area contributed by atoms with Gasteiger partial charge in [0, 0.05) is 0 Å². The molecule has 1 rings (SSSR count). The second-order valence-corrected chi connectivity index (χ2v) is 3.05. The number of allylic oxidation sites excluding steroid dienone is 5. The Morgan fingerprint density at radius 1 is 1.56 bits per heavy atom. The lowest BCUT2D eigenvalue weighted by atomic mass is 10.1. The van der Waals surface area contributed by atoms with Crippen LogP contribution in [0, 0.1) is 0 Å². The molecule has 0 saturated carbocycles. The van der Waals surface area contributed by atoms with Gasteiger partial charge in [0.2, 0.25) is 0 Å². The molecule has 1 aliphatic rings. The first-order valence-corrected chi connectivity index (χ1v) is 3.83. The van der Waals surface area contributed by atoms with E-state index in [-0.39, 0.29) is 3.92 Å². The minimum absolute atomic E-state index is 0.213. The number of alkyl halides is 1. The fraction of sp³-hybridized carbons (Fsp3) is 0.143. The highest BCUT2D eigenvalue weighted by atomic mass is 127. The van der Waals surface area contributed by atoms with Gasteiger partial charge < -0.3 is 0 Å². The van der Waals surface area contributed by atoms with Crippen molar-refractivity contribution >= 4 is 28.5 Å². The van der Waals surface area contributed by atoms with Crippen molar-refractivity contribution in [3.63, 3.8) is 0 Å². The van der Waals surface area contributed by atoms with Crippen LogP contribution in [0.5, 0.6) is 0 Å². The summed E-state index contributed by atoms with van der Waals surface area (Å²) in [5, 5.41) is 0. The van der Waals surface area contributed by atoms with Gasteiger partial charge in [-0.2, -0.15) is 0 Å². The van der Waals surface area contributed by atoms with E-state index >= 15 is 0 Å². The number of hydrogen-bond donors (Lipinski definition) is 0. The molecule has 0 fully saturated rings. The summed E-state index contributed by atoms with van der Waals surface area (Å²) < 4.78 is 0.213. The van der Waals surface area contributed by atoms with E-state index in [2.05, 4.69) is 22.6 Å². The van der Waals surface area contributed by atoms with Crippen molar-refractivity contribution in [1.29, 1.82) is 0 Å². The molecule has 0 saturated heterocycles. The molecule has 1 atom stereocenters. The van der Waals surface area contributed by atoms with Gasteiger partial charge in [-0.05, 0) is 6.08 Å². The molecule has 0 amide bonds. The highest BCUT2D eigenvalue weighted by Crippen LogP contribution is 2.16. The Morgan fingerprint density at radius 3 is 2.78 bits per heavy atom. The minimum Gasteiger partial charge on any atom is -0.233 e. The predicted octanol–water partition coefficient (Wildman–Crippen LogP) is 1.67.